The predicted molar refractivity (Wildman–Crippen MR) is 55.0 cm³/mol. The standard InChI is InChI=1S/C10H18N2O2/c1-3-4-8(2)12-10(13)9-7-11-5-6-14-9/h3,8-9,11H,1,4-7H2,2H3,(H,12,13). The molecule has 0 aliphatic carbocycles. The summed E-state index contributed by atoms with van der Waals surface area (Å²) >= 11 is 0. The molecule has 2 unspecified atom stereocenters. The lowest BCUT2D eigenvalue weighted by atomic mass is 10.2. The number of ether oxygens (including phenoxy) is 1. The zero-order chi connectivity index (χ0) is 10.4. The fourth-order valence-corrected chi connectivity index (χ4v) is 1.38. The summed E-state index contributed by atoms with van der Waals surface area (Å²) in [6.07, 6.45) is 2.24. The maximum absolute atomic E-state index is 11.6. The van der Waals surface area contributed by atoms with Crippen molar-refractivity contribution in [3.8, 4) is 0 Å². The third kappa shape index (κ3) is 3.47. The molecule has 1 aliphatic heterocycles. The van der Waals surface area contributed by atoms with Gasteiger partial charge in [0, 0.05) is 19.1 Å². The number of rotatable bonds is 4. The molecule has 1 aliphatic rings. The van der Waals surface area contributed by atoms with Gasteiger partial charge in [-0.25, -0.2) is 0 Å². The average molecular weight is 198 g/mol. The van der Waals surface area contributed by atoms with Crippen molar-refractivity contribution in [3.05, 3.63) is 12.7 Å². The number of carbonyl (C=O) groups excluding carboxylic acids is 1. The molecule has 0 aromatic carbocycles. The number of amides is 1. The molecule has 80 valence electrons. The molecule has 1 heterocycles. The van der Waals surface area contributed by atoms with Crippen molar-refractivity contribution in [1.82, 2.24) is 10.6 Å². The molecule has 0 radical (unpaired) electrons. The molecule has 2 N–H and O–H groups in total. The van der Waals surface area contributed by atoms with E-state index in [0.717, 1.165) is 13.0 Å². The number of morpholine rings is 1. The molecule has 0 saturated carbocycles. The van der Waals surface area contributed by atoms with Gasteiger partial charge in [0.15, 0.2) is 0 Å². The fourth-order valence-electron chi connectivity index (χ4n) is 1.38. The monoisotopic (exact) mass is 198 g/mol. The van der Waals surface area contributed by atoms with Gasteiger partial charge in [0.05, 0.1) is 6.61 Å². The first-order valence-electron chi connectivity index (χ1n) is 4.97. The first-order valence-corrected chi connectivity index (χ1v) is 4.97. The average Bonchev–Trinajstić information content (AvgIpc) is 2.19. The van der Waals surface area contributed by atoms with Gasteiger partial charge in [0.2, 0.25) is 0 Å². The highest BCUT2D eigenvalue weighted by Gasteiger charge is 2.22. The van der Waals surface area contributed by atoms with E-state index in [9.17, 15) is 4.79 Å². The van der Waals surface area contributed by atoms with Gasteiger partial charge in [-0.2, -0.15) is 0 Å². The Bertz CT molecular complexity index is 200. The Morgan fingerprint density at radius 1 is 1.86 bits per heavy atom. The van der Waals surface area contributed by atoms with Gasteiger partial charge >= 0.3 is 0 Å². The van der Waals surface area contributed by atoms with E-state index in [2.05, 4.69) is 17.2 Å². The van der Waals surface area contributed by atoms with E-state index in [1.807, 2.05) is 6.92 Å². The van der Waals surface area contributed by atoms with Crippen LogP contribution in [0.5, 0.6) is 0 Å². The quantitative estimate of drug-likeness (QED) is 0.628. The number of hydrogen-bond donors (Lipinski definition) is 2. The van der Waals surface area contributed by atoms with E-state index in [-0.39, 0.29) is 18.1 Å². The van der Waals surface area contributed by atoms with Gasteiger partial charge in [-0.15, -0.1) is 6.58 Å². The van der Waals surface area contributed by atoms with Gasteiger partial charge in [-0.3, -0.25) is 4.79 Å². The second kappa shape index (κ2) is 5.78. The Labute approximate surface area is 84.7 Å². The normalized spacial score (nSPS) is 23.9. The van der Waals surface area contributed by atoms with Crippen molar-refractivity contribution in [2.45, 2.75) is 25.5 Å². The second-order valence-electron chi connectivity index (χ2n) is 3.50. The van der Waals surface area contributed by atoms with Crippen LogP contribution in [0.25, 0.3) is 0 Å². The van der Waals surface area contributed by atoms with Crippen molar-refractivity contribution in [1.29, 1.82) is 0 Å². The van der Waals surface area contributed by atoms with Crippen molar-refractivity contribution < 1.29 is 9.53 Å². The van der Waals surface area contributed by atoms with Crippen molar-refractivity contribution >= 4 is 5.91 Å². The van der Waals surface area contributed by atoms with E-state index < -0.39 is 0 Å². The molecular weight excluding hydrogens is 180 g/mol. The number of hydrogen-bond acceptors (Lipinski definition) is 3. The van der Waals surface area contributed by atoms with Crippen LogP contribution >= 0.6 is 0 Å². The van der Waals surface area contributed by atoms with Gasteiger partial charge in [-0.1, -0.05) is 6.08 Å². The molecular formula is C10H18N2O2. The molecule has 1 amide bonds. The molecule has 1 fully saturated rings. The highest BCUT2D eigenvalue weighted by atomic mass is 16.5. The molecule has 0 spiro atoms. The number of nitrogens with one attached hydrogen (secondary N) is 2. The van der Waals surface area contributed by atoms with Crippen LogP contribution in [0, 0.1) is 0 Å². The van der Waals surface area contributed by atoms with Crippen LogP contribution in [-0.2, 0) is 9.53 Å². The molecule has 1 rings (SSSR count). The minimum atomic E-state index is -0.337. The first kappa shape index (κ1) is 11.2. The Morgan fingerprint density at radius 3 is 3.21 bits per heavy atom. The van der Waals surface area contributed by atoms with Crippen LogP contribution in [0.4, 0.5) is 0 Å². The van der Waals surface area contributed by atoms with Crippen molar-refractivity contribution in [2.75, 3.05) is 19.7 Å². The third-order valence-electron chi connectivity index (χ3n) is 2.13. The van der Waals surface area contributed by atoms with E-state index in [4.69, 9.17) is 4.74 Å². The van der Waals surface area contributed by atoms with Crippen LogP contribution in [-0.4, -0.2) is 37.7 Å². The van der Waals surface area contributed by atoms with E-state index in [0.29, 0.717) is 13.2 Å². The largest absolute Gasteiger partial charge is 0.366 e. The Hall–Kier alpha value is -0.870. The first-order chi connectivity index (χ1) is 6.74. The Morgan fingerprint density at radius 2 is 2.64 bits per heavy atom. The summed E-state index contributed by atoms with van der Waals surface area (Å²) in [5.74, 6) is -0.0356. The van der Waals surface area contributed by atoms with E-state index >= 15 is 0 Å². The predicted octanol–water partition coefficient (Wildman–Crippen LogP) is 0.0556. The third-order valence-corrected chi connectivity index (χ3v) is 2.13. The zero-order valence-electron chi connectivity index (χ0n) is 8.58. The highest BCUT2D eigenvalue weighted by Crippen LogP contribution is 1.98. The molecule has 14 heavy (non-hydrogen) atoms. The molecule has 0 aromatic rings. The maximum Gasteiger partial charge on any atom is 0.250 e. The molecule has 4 heteroatoms. The summed E-state index contributed by atoms with van der Waals surface area (Å²) in [5.41, 5.74) is 0. The molecule has 4 nitrogen and oxygen atoms in total. The zero-order valence-corrected chi connectivity index (χ0v) is 8.58. The maximum atomic E-state index is 11.6. The van der Waals surface area contributed by atoms with Crippen LogP contribution < -0.4 is 10.6 Å². The van der Waals surface area contributed by atoms with Crippen LogP contribution in [0.15, 0.2) is 12.7 Å². The summed E-state index contributed by atoms with van der Waals surface area (Å²) in [5, 5.41) is 5.99. The summed E-state index contributed by atoms with van der Waals surface area (Å²) in [4.78, 5) is 11.6. The van der Waals surface area contributed by atoms with Crippen LogP contribution in [0.3, 0.4) is 0 Å². The molecule has 1 saturated heterocycles. The van der Waals surface area contributed by atoms with Gasteiger partial charge in [-0.05, 0) is 13.3 Å². The van der Waals surface area contributed by atoms with Gasteiger partial charge < -0.3 is 15.4 Å². The summed E-state index contributed by atoms with van der Waals surface area (Å²) in [7, 11) is 0. The molecule has 0 bridgehead atoms. The lowest BCUT2D eigenvalue weighted by molar-refractivity contribution is -0.134. The Kier molecular flexibility index (Phi) is 4.62. The highest BCUT2D eigenvalue weighted by molar-refractivity contribution is 5.81. The van der Waals surface area contributed by atoms with Crippen molar-refractivity contribution in [3.63, 3.8) is 0 Å². The second-order valence-corrected chi connectivity index (χ2v) is 3.50. The lowest BCUT2D eigenvalue weighted by Gasteiger charge is -2.24. The summed E-state index contributed by atoms with van der Waals surface area (Å²) < 4.78 is 5.32. The minimum absolute atomic E-state index is 0.0356. The smallest absolute Gasteiger partial charge is 0.250 e. The lowest BCUT2D eigenvalue weighted by Crippen LogP contribution is -2.49. The van der Waals surface area contributed by atoms with E-state index in [1.54, 1.807) is 6.08 Å². The minimum Gasteiger partial charge on any atom is -0.366 e. The SMILES string of the molecule is C=CCC(C)NC(=O)C1CNCCO1. The fraction of sp³-hybridized carbons (Fsp3) is 0.700. The molecule has 0 aromatic heterocycles. The topological polar surface area (TPSA) is 50.4 Å². The van der Waals surface area contributed by atoms with Gasteiger partial charge in [0.25, 0.3) is 5.91 Å². The van der Waals surface area contributed by atoms with Crippen LogP contribution in [0.2, 0.25) is 0 Å². The van der Waals surface area contributed by atoms with Crippen molar-refractivity contribution in [2.24, 2.45) is 0 Å². The van der Waals surface area contributed by atoms with Crippen LogP contribution in [0.1, 0.15) is 13.3 Å². The Balaban J connectivity index is 2.28. The van der Waals surface area contributed by atoms with E-state index in [1.165, 1.54) is 0 Å². The number of carbonyl (C=O) groups is 1. The summed E-state index contributed by atoms with van der Waals surface area (Å²) in [6.45, 7) is 7.61. The van der Waals surface area contributed by atoms with Gasteiger partial charge in [0.1, 0.15) is 6.10 Å². The molecule has 2 atom stereocenters. The summed E-state index contributed by atoms with van der Waals surface area (Å²) in [6, 6.07) is 0.130.